The van der Waals surface area contributed by atoms with E-state index in [2.05, 4.69) is 35.5 Å². The average molecular weight is 634 g/mol. The van der Waals surface area contributed by atoms with Crippen LogP contribution in [0.25, 0.3) is 56.0 Å². The number of carbonyl (C=O) groups is 1. The Labute approximate surface area is 271 Å². The van der Waals surface area contributed by atoms with E-state index < -0.39 is 5.82 Å². The van der Waals surface area contributed by atoms with Crippen LogP contribution in [-0.2, 0) is 4.79 Å². The highest BCUT2D eigenvalue weighted by Crippen LogP contribution is 2.33. The molecule has 0 unspecified atom stereocenters. The quantitative estimate of drug-likeness (QED) is 0.153. The largest absolute Gasteiger partial charge is 0.492 e. The molecule has 0 radical (unpaired) electrons. The van der Waals surface area contributed by atoms with Gasteiger partial charge in [0, 0.05) is 47.9 Å². The number of anilines is 1. The minimum atomic E-state index is -0.419. The van der Waals surface area contributed by atoms with Crippen LogP contribution in [0.4, 0.5) is 10.1 Å². The highest BCUT2D eigenvalue weighted by atomic mass is 19.1. The standard InChI is InChI=1S/C35H36FN9O2/c1-45(2)10-11-47-26-15-22(13-24(36)16-26)32-34-28(8-9-38-32)41-35(42-34)33-27-17-29(39-20-30(27)43-44-33)23-14-25(19-37-18-23)40-31(46)12-21-6-4-3-5-7-21/h8-9,13-21H,3-7,10-12H2,1-2H3,(H,40,46)(H,41,42)(H,43,44). The van der Waals surface area contributed by atoms with Gasteiger partial charge in [0.2, 0.25) is 5.91 Å². The molecule has 6 aromatic rings. The fourth-order valence-corrected chi connectivity index (χ4v) is 6.16. The maximum absolute atomic E-state index is 14.7. The number of pyridine rings is 3. The van der Waals surface area contributed by atoms with E-state index in [0.717, 1.165) is 34.8 Å². The second-order valence-electron chi connectivity index (χ2n) is 12.4. The van der Waals surface area contributed by atoms with Crippen molar-refractivity contribution in [1.82, 2.24) is 40.0 Å². The number of H-pyrrole nitrogens is 2. The number of hydrogen-bond donors (Lipinski definition) is 3. The highest BCUT2D eigenvalue weighted by molar-refractivity contribution is 5.97. The van der Waals surface area contributed by atoms with Crippen LogP contribution in [0.15, 0.2) is 61.2 Å². The highest BCUT2D eigenvalue weighted by Gasteiger charge is 2.19. The van der Waals surface area contributed by atoms with Crippen LogP contribution in [0, 0.1) is 11.7 Å². The average Bonchev–Trinajstić information content (AvgIpc) is 3.69. The van der Waals surface area contributed by atoms with Crippen molar-refractivity contribution in [3.63, 3.8) is 0 Å². The zero-order chi connectivity index (χ0) is 32.3. The van der Waals surface area contributed by atoms with Gasteiger partial charge in [-0.05, 0) is 63.2 Å². The lowest BCUT2D eigenvalue weighted by atomic mass is 9.87. The number of fused-ring (bicyclic) bond motifs is 2. The lowest BCUT2D eigenvalue weighted by molar-refractivity contribution is -0.117. The summed E-state index contributed by atoms with van der Waals surface area (Å²) in [7, 11) is 3.91. The smallest absolute Gasteiger partial charge is 0.224 e. The summed E-state index contributed by atoms with van der Waals surface area (Å²) in [6.45, 7) is 1.13. The third kappa shape index (κ3) is 6.82. The predicted octanol–water partition coefficient (Wildman–Crippen LogP) is 6.61. The number of carbonyl (C=O) groups excluding carboxylic acids is 1. The number of rotatable bonds is 10. The number of nitrogens with one attached hydrogen (secondary N) is 3. The summed E-state index contributed by atoms with van der Waals surface area (Å²) >= 11 is 0. The third-order valence-corrected chi connectivity index (χ3v) is 8.54. The summed E-state index contributed by atoms with van der Waals surface area (Å²) < 4.78 is 20.5. The van der Waals surface area contributed by atoms with Gasteiger partial charge in [-0.25, -0.2) is 9.37 Å². The van der Waals surface area contributed by atoms with Gasteiger partial charge in [0.15, 0.2) is 5.82 Å². The van der Waals surface area contributed by atoms with Crippen LogP contribution >= 0.6 is 0 Å². The molecule has 240 valence electrons. The maximum Gasteiger partial charge on any atom is 0.224 e. The van der Waals surface area contributed by atoms with Crippen molar-refractivity contribution in [3.05, 3.63) is 67.0 Å². The fourth-order valence-electron chi connectivity index (χ4n) is 6.16. The summed E-state index contributed by atoms with van der Waals surface area (Å²) in [5.74, 6) is 1.00. The SMILES string of the molecule is CN(C)CCOc1cc(F)cc(-c2nccc3[nH]c(-c4n[nH]c5cnc(-c6cncc(NC(=O)CC7CCCCC7)c6)cc45)nc23)c1. The molecule has 5 heterocycles. The number of ether oxygens (including phenoxy) is 1. The minimum Gasteiger partial charge on any atom is -0.492 e. The van der Waals surface area contributed by atoms with Gasteiger partial charge in [0.05, 0.1) is 40.5 Å². The van der Waals surface area contributed by atoms with Crippen LogP contribution < -0.4 is 10.1 Å². The van der Waals surface area contributed by atoms with Gasteiger partial charge in [-0.1, -0.05) is 19.3 Å². The lowest BCUT2D eigenvalue weighted by Crippen LogP contribution is -2.19. The molecule has 0 aliphatic heterocycles. The Morgan fingerprint density at radius 1 is 1.00 bits per heavy atom. The second-order valence-corrected chi connectivity index (χ2v) is 12.4. The van der Waals surface area contributed by atoms with Crippen LogP contribution in [-0.4, -0.2) is 73.2 Å². The zero-order valence-electron chi connectivity index (χ0n) is 26.4. The van der Waals surface area contributed by atoms with E-state index >= 15 is 0 Å². The monoisotopic (exact) mass is 633 g/mol. The molecule has 11 nitrogen and oxygen atoms in total. The Hall–Kier alpha value is -5.23. The summed E-state index contributed by atoms with van der Waals surface area (Å²) in [5.41, 5.74) is 5.81. The van der Waals surface area contributed by atoms with Crippen LogP contribution in [0.1, 0.15) is 38.5 Å². The normalized spacial score (nSPS) is 13.9. The summed E-state index contributed by atoms with van der Waals surface area (Å²) in [5, 5.41) is 11.4. The third-order valence-electron chi connectivity index (χ3n) is 8.54. The Balaban J connectivity index is 1.16. The molecule has 47 heavy (non-hydrogen) atoms. The molecular formula is C35H36FN9O2. The van der Waals surface area contributed by atoms with Crippen molar-refractivity contribution in [3.8, 4) is 39.8 Å². The van der Waals surface area contributed by atoms with Gasteiger partial charge in [0.25, 0.3) is 0 Å². The summed E-state index contributed by atoms with van der Waals surface area (Å²) in [6, 6.07) is 10.2. The topological polar surface area (TPSA) is 138 Å². The van der Waals surface area contributed by atoms with Crippen LogP contribution in [0.3, 0.4) is 0 Å². The molecule has 1 saturated carbocycles. The number of imidazole rings is 1. The molecule has 0 atom stereocenters. The van der Waals surface area contributed by atoms with Crippen molar-refractivity contribution in [1.29, 1.82) is 0 Å². The predicted molar refractivity (Wildman–Crippen MR) is 179 cm³/mol. The number of amides is 1. The molecule has 7 rings (SSSR count). The molecule has 1 amide bonds. The fraction of sp³-hybridized carbons (Fsp3) is 0.314. The number of nitrogens with zero attached hydrogens (tertiary/aromatic N) is 6. The number of likely N-dealkylation sites (N-methyl/N-ethyl adjacent to an activating group) is 1. The molecular weight excluding hydrogens is 597 g/mol. The molecule has 3 N–H and O–H groups in total. The maximum atomic E-state index is 14.7. The van der Waals surface area contributed by atoms with Gasteiger partial charge >= 0.3 is 0 Å². The van der Waals surface area contributed by atoms with E-state index in [1.54, 1.807) is 30.9 Å². The van der Waals surface area contributed by atoms with Gasteiger partial charge < -0.3 is 19.9 Å². The van der Waals surface area contributed by atoms with Crippen molar-refractivity contribution in [2.45, 2.75) is 38.5 Å². The van der Waals surface area contributed by atoms with Gasteiger partial charge in [-0.3, -0.25) is 24.8 Å². The number of benzene rings is 1. The number of halogens is 1. The zero-order valence-corrected chi connectivity index (χ0v) is 26.4. The molecule has 1 fully saturated rings. The van der Waals surface area contributed by atoms with E-state index in [1.165, 1.54) is 31.4 Å². The number of aromatic amines is 2. The molecule has 0 bridgehead atoms. The van der Waals surface area contributed by atoms with Gasteiger partial charge in [-0.15, -0.1) is 0 Å². The lowest BCUT2D eigenvalue weighted by Gasteiger charge is -2.20. The van der Waals surface area contributed by atoms with E-state index in [-0.39, 0.29) is 5.91 Å². The first-order valence-electron chi connectivity index (χ1n) is 15.9. The van der Waals surface area contributed by atoms with Crippen molar-refractivity contribution in [2.24, 2.45) is 5.92 Å². The molecule has 0 spiro atoms. The van der Waals surface area contributed by atoms with E-state index in [9.17, 15) is 9.18 Å². The van der Waals surface area contributed by atoms with Gasteiger partial charge in [-0.2, -0.15) is 5.10 Å². The van der Waals surface area contributed by atoms with E-state index in [1.807, 2.05) is 37.2 Å². The molecule has 0 saturated heterocycles. The molecule has 5 aromatic heterocycles. The van der Waals surface area contributed by atoms with Crippen LogP contribution in [0.2, 0.25) is 0 Å². The molecule has 12 heteroatoms. The Morgan fingerprint density at radius 3 is 2.72 bits per heavy atom. The second kappa shape index (κ2) is 13.2. The van der Waals surface area contributed by atoms with Crippen molar-refractivity contribution >= 4 is 33.5 Å². The first-order chi connectivity index (χ1) is 22.9. The first-order valence-corrected chi connectivity index (χ1v) is 15.9. The minimum absolute atomic E-state index is 0.0152. The first kappa shape index (κ1) is 30.4. The van der Waals surface area contributed by atoms with Crippen molar-refractivity contribution < 1.29 is 13.9 Å². The van der Waals surface area contributed by atoms with E-state index in [0.29, 0.717) is 70.9 Å². The van der Waals surface area contributed by atoms with Crippen molar-refractivity contribution in [2.75, 3.05) is 32.6 Å². The summed E-state index contributed by atoms with van der Waals surface area (Å²) in [4.78, 5) is 36.5. The Bertz CT molecular complexity index is 2050. The Kier molecular flexibility index (Phi) is 8.58. The van der Waals surface area contributed by atoms with Crippen LogP contribution in [0.5, 0.6) is 5.75 Å². The summed E-state index contributed by atoms with van der Waals surface area (Å²) in [6.07, 6.45) is 13.2. The molecule has 1 aliphatic carbocycles. The van der Waals surface area contributed by atoms with E-state index in [4.69, 9.17) is 9.72 Å². The number of aromatic nitrogens is 7. The molecule has 1 aliphatic rings. The molecule has 1 aromatic carbocycles. The van der Waals surface area contributed by atoms with Gasteiger partial charge in [0.1, 0.15) is 29.4 Å². The Morgan fingerprint density at radius 2 is 1.87 bits per heavy atom. The number of hydrogen-bond acceptors (Lipinski definition) is 8.